The minimum absolute atomic E-state index is 0.393. The van der Waals surface area contributed by atoms with Crippen molar-refractivity contribution in [3.8, 4) is 0 Å². The van der Waals surface area contributed by atoms with Gasteiger partial charge in [0.2, 0.25) is 0 Å². The van der Waals surface area contributed by atoms with E-state index in [1.807, 2.05) is 0 Å². The van der Waals surface area contributed by atoms with E-state index in [9.17, 15) is 0 Å². The van der Waals surface area contributed by atoms with Crippen LogP contribution in [-0.4, -0.2) is 49.3 Å². The molecule has 0 spiro atoms. The molecule has 1 saturated heterocycles. The topological polar surface area (TPSA) is 24.5 Å². The molecular weight excluding hydrogens is 200 g/mol. The SMILES string of the molecule is CCC(CC)NCC(C)N1CCOC(C)C1. The highest BCUT2D eigenvalue weighted by Crippen LogP contribution is 2.08. The lowest BCUT2D eigenvalue weighted by atomic mass is 10.1. The summed E-state index contributed by atoms with van der Waals surface area (Å²) in [6.07, 6.45) is 2.84. The minimum atomic E-state index is 0.393. The maximum atomic E-state index is 5.56. The van der Waals surface area contributed by atoms with E-state index in [0.717, 1.165) is 26.2 Å². The van der Waals surface area contributed by atoms with Crippen LogP contribution in [-0.2, 0) is 4.74 Å². The van der Waals surface area contributed by atoms with Crippen molar-refractivity contribution in [1.82, 2.24) is 10.2 Å². The monoisotopic (exact) mass is 228 g/mol. The van der Waals surface area contributed by atoms with Gasteiger partial charge in [-0.3, -0.25) is 4.90 Å². The molecule has 3 heteroatoms. The molecule has 0 aliphatic carbocycles. The van der Waals surface area contributed by atoms with Crippen LogP contribution in [0.3, 0.4) is 0 Å². The van der Waals surface area contributed by atoms with Crippen molar-refractivity contribution in [2.45, 2.75) is 58.7 Å². The molecule has 0 aromatic heterocycles. The smallest absolute Gasteiger partial charge is 0.0674 e. The molecule has 16 heavy (non-hydrogen) atoms. The lowest BCUT2D eigenvalue weighted by molar-refractivity contribution is -0.0314. The van der Waals surface area contributed by atoms with Crippen LogP contribution in [0.1, 0.15) is 40.5 Å². The fourth-order valence-corrected chi connectivity index (χ4v) is 2.29. The number of ether oxygens (including phenoxy) is 1. The van der Waals surface area contributed by atoms with Gasteiger partial charge in [-0.05, 0) is 26.7 Å². The van der Waals surface area contributed by atoms with E-state index in [-0.39, 0.29) is 0 Å². The van der Waals surface area contributed by atoms with Gasteiger partial charge in [-0.25, -0.2) is 0 Å². The molecule has 0 saturated carbocycles. The first kappa shape index (κ1) is 13.9. The highest BCUT2D eigenvalue weighted by atomic mass is 16.5. The Morgan fingerprint density at radius 1 is 1.38 bits per heavy atom. The Kier molecular flexibility index (Phi) is 6.32. The highest BCUT2D eigenvalue weighted by molar-refractivity contribution is 4.76. The van der Waals surface area contributed by atoms with Crippen LogP contribution < -0.4 is 5.32 Å². The summed E-state index contributed by atoms with van der Waals surface area (Å²) >= 11 is 0. The molecule has 1 aliphatic heterocycles. The molecule has 2 atom stereocenters. The number of rotatable bonds is 6. The van der Waals surface area contributed by atoms with Crippen molar-refractivity contribution >= 4 is 0 Å². The van der Waals surface area contributed by atoms with Crippen molar-refractivity contribution in [2.24, 2.45) is 0 Å². The third-order valence-electron chi connectivity index (χ3n) is 3.58. The molecule has 1 fully saturated rings. The zero-order chi connectivity index (χ0) is 12.0. The third kappa shape index (κ3) is 4.40. The van der Waals surface area contributed by atoms with Crippen LogP contribution >= 0.6 is 0 Å². The predicted molar refractivity (Wildman–Crippen MR) is 68.8 cm³/mol. The van der Waals surface area contributed by atoms with E-state index in [1.165, 1.54) is 12.8 Å². The van der Waals surface area contributed by atoms with E-state index in [2.05, 4.69) is 37.9 Å². The van der Waals surface area contributed by atoms with Gasteiger partial charge in [-0.2, -0.15) is 0 Å². The molecule has 1 N–H and O–H groups in total. The number of morpholine rings is 1. The van der Waals surface area contributed by atoms with Gasteiger partial charge < -0.3 is 10.1 Å². The van der Waals surface area contributed by atoms with Gasteiger partial charge in [0.15, 0.2) is 0 Å². The summed E-state index contributed by atoms with van der Waals surface area (Å²) in [7, 11) is 0. The fraction of sp³-hybridized carbons (Fsp3) is 1.00. The molecule has 1 heterocycles. The van der Waals surface area contributed by atoms with E-state index in [1.54, 1.807) is 0 Å². The number of hydrogen-bond acceptors (Lipinski definition) is 3. The van der Waals surface area contributed by atoms with Crippen molar-refractivity contribution in [3.05, 3.63) is 0 Å². The van der Waals surface area contributed by atoms with E-state index < -0.39 is 0 Å². The maximum absolute atomic E-state index is 5.56. The molecule has 0 bridgehead atoms. The predicted octanol–water partition coefficient (Wildman–Crippen LogP) is 1.87. The van der Waals surface area contributed by atoms with Crippen molar-refractivity contribution in [1.29, 1.82) is 0 Å². The number of hydrogen-bond donors (Lipinski definition) is 1. The first-order valence-corrected chi connectivity index (χ1v) is 6.76. The second-order valence-corrected chi connectivity index (χ2v) is 4.95. The maximum Gasteiger partial charge on any atom is 0.0674 e. The summed E-state index contributed by atoms with van der Waals surface area (Å²) in [5.74, 6) is 0. The van der Waals surface area contributed by atoms with Crippen LogP contribution in [0, 0.1) is 0 Å². The third-order valence-corrected chi connectivity index (χ3v) is 3.58. The van der Waals surface area contributed by atoms with Crippen molar-refractivity contribution in [2.75, 3.05) is 26.2 Å². The summed E-state index contributed by atoms with van der Waals surface area (Å²) in [4.78, 5) is 2.53. The Bertz CT molecular complexity index is 183. The minimum Gasteiger partial charge on any atom is -0.376 e. The Balaban J connectivity index is 2.25. The van der Waals surface area contributed by atoms with Crippen LogP contribution in [0.25, 0.3) is 0 Å². The van der Waals surface area contributed by atoms with E-state index in [0.29, 0.717) is 18.2 Å². The second kappa shape index (κ2) is 7.25. The fourth-order valence-electron chi connectivity index (χ4n) is 2.29. The first-order valence-electron chi connectivity index (χ1n) is 6.76. The van der Waals surface area contributed by atoms with Gasteiger partial charge in [0, 0.05) is 31.7 Å². The van der Waals surface area contributed by atoms with Gasteiger partial charge in [0.1, 0.15) is 0 Å². The van der Waals surface area contributed by atoms with Crippen LogP contribution in [0.2, 0.25) is 0 Å². The van der Waals surface area contributed by atoms with E-state index in [4.69, 9.17) is 4.74 Å². The van der Waals surface area contributed by atoms with Gasteiger partial charge in [0.25, 0.3) is 0 Å². The Hall–Kier alpha value is -0.120. The summed E-state index contributed by atoms with van der Waals surface area (Å²) in [5, 5.41) is 3.65. The quantitative estimate of drug-likeness (QED) is 0.751. The van der Waals surface area contributed by atoms with Gasteiger partial charge in [-0.15, -0.1) is 0 Å². The molecular formula is C13H28N2O. The summed E-state index contributed by atoms with van der Waals surface area (Å²) in [6.45, 7) is 13.1. The average molecular weight is 228 g/mol. The molecule has 0 radical (unpaired) electrons. The highest BCUT2D eigenvalue weighted by Gasteiger charge is 2.21. The first-order chi connectivity index (χ1) is 7.67. The van der Waals surface area contributed by atoms with Gasteiger partial charge >= 0.3 is 0 Å². The lowest BCUT2D eigenvalue weighted by Gasteiger charge is -2.36. The molecule has 1 aliphatic rings. The summed E-state index contributed by atoms with van der Waals surface area (Å²) < 4.78 is 5.56. The average Bonchev–Trinajstić information content (AvgIpc) is 2.30. The molecule has 1 rings (SSSR count). The molecule has 96 valence electrons. The zero-order valence-electron chi connectivity index (χ0n) is 11.3. The Labute approximate surface area is 101 Å². The second-order valence-electron chi connectivity index (χ2n) is 4.95. The summed E-state index contributed by atoms with van der Waals surface area (Å²) in [5.41, 5.74) is 0. The number of nitrogens with one attached hydrogen (secondary N) is 1. The zero-order valence-corrected chi connectivity index (χ0v) is 11.3. The van der Waals surface area contributed by atoms with Crippen LogP contribution in [0.4, 0.5) is 0 Å². The largest absolute Gasteiger partial charge is 0.376 e. The molecule has 3 nitrogen and oxygen atoms in total. The Morgan fingerprint density at radius 2 is 2.06 bits per heavy atom. The van der Waals surface area contributed by atoms with Crippen LogP contribution in [0.5, 0.6) is 0 Å². The van der Waals surface area contributed by atoms with Crippen LogP contribution in [0.15, 0.2) is 0 Å². The van der Waals surface area contributed by atoms with Crippen molar-refractivity contribution < 1.29 is 4.74 Å². The lowest BCUT2D eigenvalue weighted by Crippen LogP contribution is -2.50. The molecule has 0 amide bonds. The van der Waals surface area contributed by atoms with Crippen molar-refractivity contribution in [3.63, 3.8) is 0 Å². The normalized spacial score (nSPS) is 24.9. The van der Waals surface area contributed by atoms with Gasteiger partial charge in [-0.1, -0.05) is 13.8 Å². The molecule has 0 aromatic rings. The summed E-state index contributed by atoms with van der Waals surface area (Å²) in [6, 6.07) is 1.30. The standard InChI is InChI=1S/C13H28N2O/c1-5-13(6-2)14-9-11(3)15-7-8-16-12(4)10-15/h11-14H,5-10H2,1-4H3. The molecule has 2 unspecified atom stereocenters. The van der Waals surface area contributed by atoms with E-state index >= 15 is 0 Å². The molecule has 0 aromatic carbocycles. The number of nitrogens with zero attached hydrogens (tertiary/aromatic N) is 1. The Morgan fingerprint density at radius 3 is 2.62 bits per heavy atom. The van der Waals surface area contributed by atoms with Gasteiger partial charge in [0.05, 0.1) is 12.7 Å².